The van der Waals surface area contributed by atoms with Crippen LogP contribution in [0, 0.1) is 0 Å². The molecular weight excluding hydrogens is 308 g/mol. The Hall–Kier alpha value is -1.44. The maximum absolute atomic E-state index is 12.3. The van der Waals surface area contributed by atoms with E-state index in [2.05, 4.69) is 10.1 Å². The smallest absolute Gasteiger partial charge is 0.411 e. The molecule has 8 heteroatoms. The Kier molecular flexibility index (Phi) is 6.52. The lowest BCUT2D eigenvalue weighted by molar-refractivity contribution is -0.140. The standard InChI is InChI=1S/C14H24N2O5S/c1-9-16(13(19)21-14(2,3)4)10(8-22-9)12(18)15-7-6-11(17)20-5/h9-10H,6-8H2,1-5H3,(H,15,18). The summed E-state index contributed by atoms with van der Waals surface area (Å²) in [6.07, 6.45) is -0.400. The Morgan fingerprint density at radius 1 is 1.32 bits per heavy atom. The van der Waals surface area contributed by atoms with Gasteiger partial charge < -0.3 is 14.8 Å². The summed E-state index contributed by atoms with van der Waals surface area (Å²) in [6, 6.07) is -0.590. The number of carbonyl (C=O) groups excluding carboxylic acids is 3. The molecule has 1 aliphatic heterocycles. The highest BCUT2D eigenvalue weighted by atomic mass is 32.2. The first kappa shape index (κ1) is 18.6. The molecule has 0 aromatic carbocycles. The Morgan fingerprint density at radius 3 is 2.50 bits per heavy atom. The number of methoxy groups -OCH3 is 1. The first-order chi connectivity index (χ1) is 10.2. The molecule has 2 unspecified atom stereocenters. The van der Waals surface area contributed by atoms with Gasteiger partial charge in [-0.1, -0.05) is 0 Å². The number of nitrogens with one attached hydrogen (secondary N) is 1. The van der Waals surface area contributed by atoms with E-state index >= 15 is 0 Å². The molecule has 7 nitrogen and oxygen atoms in total. The highest BCUT2D eigenvalue weighted by molar-refractivity contribution is 8.00. The minimum absolute atomic E-state index is 0.101. The fraction of sp³-hybridized carbons (Fsp3) is 0.786. The predicted molar refractivity (Wildman–Crippen MR) is 83.4 cm³/mol. The molecule has 0 aromatic heterocycles. The number of hydrogen-bond donors (Lipinski definition) is 1. The van der Waals surface area contributed by atoms with Crippen molar-refractivity contribution >= 4 is 29.7 Å². The van der Waals surface area contributed by atoms with Crippen molar-refractivity contribution in [3.05, 3.63) is 0 Å². The van der Waals surface area contributed by atoms with Crippen LogP contribution in [-0.4, -0.2) is 59.3 Å². The molecule has 0 spiro atoms. The van der Waals surface area contributed by atoms with E-state index in [0.29, 0.717) is 5.75 Å². The van der Waals surface area contributed by atoms with Crippen molar-refractivity contribution in [2.24, 2.45) is 0 Å². The lowest BCUT2D eigenvalue weighted by Gasteiger charge is -2.30. The second kappa shape index (κ2) is 7.71. The number of rotatable bonds is 4. The Labute approximate surface area is 135 Å². The van der Waals surface area contributed by atoms with E-state index in [1.54, 1.807) is 20.8 Å². The minimum atomic E-state index is -0.615. The molecule has 1 heterocycles. The first-order valence-corrected chi connectivity index (χ1v) is 8.18. The molecule has 0 aromatic rings. The van der Waals surface area contributed by atoms with Gasteiger partial charge in [0.15, 0.2) is 0 Å². The summed E-state index contributed by atoms with van der Waals surface area (Å²) in [5.41, 5.74) is -0.615. The number of nitrogens with zero attached hydrogens (tertiary/aromatic N) is 1. The maximum Gasteiger partial charge on any atom is 0.411 e. The monoisotopic (exact) mass is 332 g/mol. The summed E-state index contributed by atoms with van der Waals surface area (Å²) >= 11 is 1.51. The van der Waals surface area contributed by atoms with Gasteiger partial charge in [-0.05, 0) is 27.7 Å². The van der Waals surface area contributed by atoms with Crippen molar-refractivity contribution in [3.8, 4) is 0 Å². The van der Waals surface area contributed by atoms with E-state index in [0.717, 1.165) is 0 Å². The van der Waals surface area contributed by atoms with Gasteiger partial charge in [0.05, 0.1) is 18.9 Å². The molecular formula is C14H24N2O5S. The summed E-state index contributed by atoms with van der Waals surface area (Å²) in [7, 11) is 1.30. The average Bonchev–Trinajstić information content (AvgIpc) is 2.78. The number of carbonyl (C=O) groups is 3. The van der Waals surface area contributed by atoms with Crippen molar-refractivity contribution in [2.75, 3.05) is 19.4 Å². The predicted octanol–water partition coefficient (Wildman–Crippen LogP) is 1.36. The Bertz CT molecular complexity index is 435. The second-order valence-corrected chi connectivity index (χ2v) is 7.30. The van der Waals surface area contributed by atoms with Crippen molar-refractivity contribution in [2.45, 2.75) is 51.1 Å². The Morgan fingerprint density at radius 2 is 1.95 bits per heavy atom. The molecule has 126 valence electrons. The zero-order chi connectivity index (χ0) is 16.9. The molecule has 1 rings (SSSR count). The van der Waals surface area contributed by atoms with Crippen molar-refractivity contribution in [1.29, 1.82) is 0 Å². The highest BCUT2D eigenvalue weighted by Gasteiger charge is 2.41. The molecule has 2 atom stereocenters. The summed E-state index contributed by atoms with van der Waals surface area (Å²) in [5.74, 6) is -0.171. The zero-order valence-corrected chi connectivity index (χ0v) is 14.5. The largest absolute Gasteiger partial charge is 0.469 e. The SMILES string of the molecule is COC(=O)CCNC(=O)C1CSC(C)N1C(=O)OC(C)(C)C. The third kappa shape index (κ3) is 5.40. The lowest BCUT2D eigenvalue weighted by Crippen LogP contribution is -2.50. The Balaban J connectivity index is 2.62. The third-order valence-electron chi connectivity index (χ3n) is 2.99. The molecule has 0 radical (unpaired) electrons. The van der Waals surface area contributed by atoms with E-state index in [4.69, 9.17) is 4.74 Å². The van der Waals surface area contributed by atoms with Crippen molar-refractivity contribution in [1.82, 2.24) is 10.2 Å². The zero-order valence-electron chi connectivity index (χ0n) is 13.7. The quantitative estimate of drug-likeness (QED) is 0.783. The topological polar surface area (TPSA) is 84.9 Å². The van der Waals surface area contributed by atoms with Gasteiger partial charge in [0.25, 0.3) is 0 Å². The number of esters is 1. The third-order valence-corrected chi connectivity index (χ3v) is 4.20. The molecule has 22 heavy (non-hydrogen) atoms. The number of ether oxygens (including phenoxy) is 2. The summed E-state index contributed by atoms with van der Waals surface area (Å²) in [6.45, 7) is 7.39. The molecule has 1 aliphatic rings. The van der Waals surface area contributed by atoms with Crippen LogP contribution in [0.15, 0.2) is 0 Å². The number of hydrogen-bond acceptors (Lipinski definition) is 6. The molecule has 0 bridgehead atoms. The van der Waals surface area contributed by atoms with Crippen LogP contribution in [0.2, 0.25) is 0 Å². The fourth-order valence-electron chi connectivity index (χ4n) is 1.94. The van der Waals surface area contributed by atoms with Crippen LogP contribution in [0.4, 0.5) is 4.79 Å². The van der Waals surface area contributed by atoms with Gasteiger partial charge in [-0.25, -0.2) is 4.79 Å². The van der Waals surface area contributed by atoms with E-state index in [1.165, 1.54) is 23.8 Å². The minimum Gasteiger partial charge on any atom is -0.469 e. The molecule has 1 N–H and O–H groups in total. The van der Waals surface area contributed by atoms with Gasteiger partial charge in [0.2, 0.25) is 5.91 Å². The van der Waals surface area contributed by atoms with Gasteiger partial charge in [-0.2, -0.15) is 0 Å². The molecule has 0 saturated carbocycles. The van der Waals surface area contributed by atoms with E-state index in [1.807, 2.05) is 6.92 Å². The van der Waals surface area contributed by atoms with Crippen molar-refractivity contribution in [3.63, 3.8) is 0 Å². The van der Waals surface area contributed by atoms with Crippen molar-refractivity contribution < 1.29 is 23.9 Å². The van der Waals surface area contributed by atoms with Gasteiger partial charge in [-0.15, -0.1) is 11.8 Å². The number of amides is 2. The van der Waals surface area contributed by atoms with Gasteiger partial charge >= 0.3 is 12.1 Å². The molecule has 0 aliphatic carbocycles. The van der Waals surface area contributed by atoms with E-state index in [-0.39, 0.29) is 24.2 Å². The van der Waals surface area contributed by atoms with Crippen LogP contribution < -0.4 is 5.32 Å². The first-order valence-electron chi connectivity index (χ1n) is 7.13. The fourth-order valence-corrected chi connectivity index (χ4v) is 3.11. The van der Waals surface area contributed by atoms with Crippen LogP contribution in [-0.2, 0) is 19.1 Å². The normalized spacial score (nSPS) is 21.4. The number of thioether (sulfide) groups is 1. The van der Waals surface area contributed by atoms with Gasteiger partial charge in [0, 0.05) is 12.3 Å². The summed E-state index contributed by atoms with van der Waals surface area (Å²) in [5, 5.41) is 2.52. The average molecular weight is 332 g/mol. The van der Waals surface area contributed by atoms with Gasteiger partial charge in [0.1, 0.15) is 11.6 Å². The summed E-state index contributed by atoms with van der Waals surface area (Å²) in [4.78, 5) is 36.9. The summed E-state index contributed by atoms with van der Waals surface area (Å²) < 4.78 is 9.86. The maximum atomic E-state index is 12.3. The molecule has 1 fully saturated rings. The highest BCUT2D eigenvalue weighted by Crippen LogP contribution is 2.30. The van der Waals surface area contributed by atoms with Crippen LogP contribution in [0.25, 0.3) is 0 Å². The van der Waals surface area contributed by atoms with E-state index in [9.17, 15) is 14.4 Å². The van der Waals surface area contributed by atoms with Crippen LogP contribution in [0.1, 0.15) is 34.1 Å². The van der Waals surface area contributed by atoms with E-state index < -0.39 is 23.7 Å². The van der Waals surface area contributed by atoms with Gasteiger partial charge in [-0.3, -0.25) is 14.5 Å². The van der Waals surface area contributed by atoms with Crippen LogP contribution >= 0.6 is 11.8 Å². The molecule has 1 saturated heterocycles. The second-order valence-electron chi connectivity index (χ2n) is 5.95. The molecule has 2 amide bonds. The van der Waals surface area contributed by atoms with Crippen LogP contribution in [0.5, 0.6) is 0 Å². The lowest BCUT2D eigenvalue weighted by atomic mass is 10.2. The van der Waals surface area contributed by atoms with Crippen LogP contribution in [0.3, 0.4) is 0 Å².